The van der Waals surface area contributed by atoms with Gasteiger partial charge in [-0.25, -0.2) is 4.79 Å². The smallest absolute Gasteiger partial charge is 0.321 e. The van der Waals surface area contributed by atoms with Crippen molar-refractivity contribution in [3.63, 3.8) is 0 Å². The van der Waals surface area contributed by atoms with Crippen LogP contribution in [0.15, 0.2) is 0 Å². The van der Waals surface area contributed by atoms with Crippen molar-refractivity contribution in [3.05, 3.63) is 0 Å². The lowest BCUT2D eigenvalue weighted by atomic mass is 10.3. The van der Waals surface area contributed by atoms with Gasteiger partial charge in [0.25, 0.3) is 0 Å². The van der Waals surface area contributed by atoms with Gasteiger partial charge in [-0.05, 0) is 6.42 Å². The van der Waals surface area contributed by atoms with Crippen LogP contribution in [0.3, 0.4) is 0 Å². The van der Waals surface area contributed by atoms with Gasteiger partial charge >= 0.3 is 6.03 Å². The summed E-state index contributed by atoms with van der Waals surface area (Å²) in [7, 11) is 0. The molecule has 0 aromatic heterocycles. The highest BCUT2D eigenvalue weighted by Gasteiger charge is 2.19. The van der Waals surface area contributed by atoms with E-state index in [1.807, 2.05) is 11.8 Å². The van der Waals surface area contributed by atoms with Gasteiger partial charge in [-0.3, -0.25) is 19.9 Å². The lowest BCUT2D eigenvalue weighted by molar-refractivity contribution is -0.121. The van der Waals surface area contributed by atoms with Gasteiger partial charge in [-0.15, -0.1) is 0 Å². The van der Waals surface area contributed by atoms with E-state index >= 15 is 0 Å². The molecule has 0 aromatic rings. The van der Waals surface area contributed by atoms with E-state index in [0.29, 0.717) is 13.1 Å². The van der Waals surface area contributed by atoms with Crippen LogP contribution in [0, 0.1) is 0 Å². The van der Waals surface area contributed by atoms with E-state index in [9.17, 15) is 9.59 Å². The molecule has 7 nitrogen and oxygen atoms in total. The number of hydrogen-bond acceptors (Lipinski definition) is 5. The highest BCUT2D eigenvalue weighted by molar-refractivity contribution is 5.95. The molecule has 1 rings (SSSR count). The average Bonchev–Trinajstić information content (AvgIpc) is 2.39. The maximum absolute atomic E-state index is 11.6. The molecule has 0 aliphatic carbocycles. The fraction of sp³-hybridized carbons (Fsp3) is 0.833. The minimum Gasteiger partial charge on any atom is -0.395 e. The molecule has 0 bridgehead atoms. The predicted octanol–water partition coefficient (Wildman–Crippen LogP) is -1.17. The third kappa shape index (κ3) is 6.51. The van der Waals surface area contributed by atoms with Gasteiger partial charge in [0, 0.05) is 39.3 Å². The van der Waals surface area contributed by atoms with Crippen LogP contribution in [-0.4, -0.2) is 79.3 Å². The second kappa shape index (κ2) is 8.84. The number of urea groups is 1. The van der Waals surface area contributed by atoms with E-state index < -0.39 is 6.03 Å². The summed E-state index contributed by atoms with van der Waals surface area (Å²) in [6.45, 7) is 6.86. The number of aliphatic hydroxyl groups is 1. The van der Waals surface area contributed by atoms with Crippen molar-refractivity contribution >= 4 is 11.9 Å². The Kier molecular flexibility index (Phi) is 7.39. The zero-order valence-electron chi connectivity index (χ0n) is 11.5. The Morgan fingerprint density at radius 1 is 1.16 bits per heavy atom. The lowest BCUT2D eigenvalue weighted by Crippen LogP contribution is -2.51. The normalized spacial score (nSPS) is 17.2. The molecule has 1 saturated heterocycles. The van der Waals surface area contributed by atoms with Crippen LogP contribution in [0.5, 0.6) is 0 Å². The first-order valence-electron chi connectivity index (χ1n) is 6.79. The number of β-amino-alcohol motifs (C(OH)–C–C–N with tert-alkyl or cyclic N) is 1. The van der Waals surface area contributed by atoms with Crippen LogP contribution in [-0.2, 0) is 4.79 Å². The van der Waals surface area contributed by atoms with E-state index in [-0.39, 0.29) is 19.1 Å². The van der Waals surface area contributed by atoms with Crippen molar-refractivity contribution in [3.8, 4) is 0 Å². The Morgan fingerprint density at radius 3 is 2.37 bits per heavy atom. The fourth-order valence-corrected chi connectivity index (χ4v) is 1.96. The molecule has 0 saturated carbocycles. The Hall–Kier alpha value is -1.18. The summed E-state index contributed by atoms with van der Waals surface area (Å²) >= 11 is 0. The van der Waals surface area contributed by atoms with Crippen molar-refractivity contribution in [1.82, 2.24) is 20.4 Å². The molecule has 0 atom stereocenters. The molecule has 110 valence electrons. The SMILES string of the molecule is CCCNC(=O)NC(=O)CN1CCN(CCO)CC1. The molecular formula is C12H24N4O3. The van der Waals surface area contributed by atoms with Crippen molar-refractivity contribution in [1.29, 1.82) is 0 Å². The molecule has 1 heterocycles. The highest BCUT2D eigenvalue weighted by Crippen LogP contribution is 2.00. The summed E-state index contributed by atoms with van der Waals surface area (Å²) in [6.07, 6.45) is 0.842. The van der Waals surface area contributed by atoms with Crippen LogP contribution in [0.25, 0.3) is 0 Å². The third-order valence-electron chi connectivity index (χ3n) is 3.04. The van der Waals surface area contributed by atoms with Gasteiger partial charge in [0.2, 0.25) is 5.91 Å². The number of imide groups is 1. The van der Waals surface area contributed by atoms with Gasteiger partial charge in [-0.2, -0.15) is 0 Å². The summed E-state index contributed by atoms with van der Waals surface area (Å²) in [4.78, 5) is 27.1. The van der Waals surface area contributed by atoms with Crippen molar-refractivity contribution < 1.29 is 14.7 Å². The maximum Gasteiger partial charge on any atom is 0.321 e. The lowest BCUT2D eigenvalue weighted by Gasteiger charge is -2.33. The summed E-state index contributed by atoms with van der Waals surface area (Å²) in [5.41, 5.74) is 0. The second-order valence-corrected chi connectivity index (χ2v) is 4.65. The highest BCUT2D eigenvalue weighted by atomic mass is 16.3. The standard InChI is InChI=1S/C12H24N4O3/c1-2-3-13-12(19)14-11(18)10-16-6-4-15(5-7-16)8-9-17/h17H,2-10H2,1H3,(H2,13,14,18,19). The number of aliphatic hydroxyl groups excluding tert-OH is 1. The molecule has 0 spiro atoms. The first-order valence-corrected chi connectivity index (χ1v) is 6.79. The first-order chi connectivity index (χ1) is 9.15. The molecule has 1 aliphatic heterocycles. The quantitative estimate of drug-likeness (QED) is 0.567. The number of nitrogens with one attached hydrogen (secondary N) is 2. The minimum atomic E-state index is -0.425. The van der Waals surface area contributed by atoms with E-state index in [4.69, 9.17) is 5.11 Å². The topological polar surface area (TPSA) is 84.9 Å². The predicted molar refractivity (Wildman–Crippen MR) is 71.8 cm³/mol. The summed E-state index contributed by atoms with van der Waals surface area (Å²) < 4.78 is 0. The molecule has 3 N–H and O–H groups in total. The van der Waals surface area contributed by atoms with Crippen molar-refractivity contribution in [2.75, 3.05) is 52.4 Å². The maximum atomic E-state index is 11.6. The molecule has 3 amide bonds. The van der Waals surface area contributed by atoms with Gasteiger partial charge in [-0.1, -0.05) is 6.92 Å². The summed E-state index contributed by atoms with van der Waals surface area (Å²) in [6, 6.07) is -0.425. The zero-order chi connectivity index (χ0) is 14.1. The van der Waals surface area contributed by atoms with Crippen LogP contribution in [0.4, 0.5) is 4.79 Å². The van der Waals surface area contributed by atoms with Gasteiger partial charge < -0.3 is 10.4 Å². The van der Waals surface area contributed by atoms with E-state index in [1.54, 1.807) is 0 Å². The van der Waals surface area contributed by atoms with Crippen LogP contribution < -0.4 is 10.6 Å². The van der Waals surface area contributed by atoms with Crippen LogP contribution in [0.2, 0.25) is 0 Å². The number of rotatable bonds is 6. The molecule has 1 fully saturated rings. The van der Waals surface area contributed by atoms with Crippen molar-refractivity contribution in [2.45, 2.75) is 13.3 Å². The van der Waals surface area contributed by atoms with Crippen LogP contribution >= 0.6 is 0 Å². The van der Waals surface area contributed by atoms with E-state index in [1.165, 1.54) is 0 Å². The Morgan fingerprint density at radius 2 is 1.79 bits per heavy atom. The van der Waals surface area contributed by atoms with E-state index in [2.05, 4.69) is 15.5 Å². The molecule has 0 radical (unpaired) electrons. The van der Waals surface area contributed by atoms with E-state index in [0.717, 1.165) is 32.6 Å². The number of carbonyl (C=O) groups excluding carboxylic acids is 2. The molecule has 0 unspecified atom stereocenters. The van der Waals surface area contributed by atoms with Gasteiger partial charge in [0.1, 0.15) is 0 Å². The number of amides is 3. The largest absolute Gasteiger partial charge is 0.395 e. The van der Waals surface area contributed by atoms with Gasteiger partial charge in [0.05, 0.1) is 13.2 Å². The average molecular weight is 272 g/mol. The number of carbonyl (C=O) groups is 2. The molecule has 19 heavy (non-hydrogen) atoms. The Balaban J connectivity index is 2.17. The molecule has 7 heteroatoms. The molecule has 1 aliphatic rings. The zero-order valence-corrected chi connectivity index (χ0v) is 11.5. The first kappa shape index (κ1) is 15.9. The molecule has 0 aromatic carbocycles. The minimum absolute atomic E-state index is 0.165. The van der Waals surface area contributed by atoms with Gasteiger partial charge in [0.15, 0.2) is 0 Å². The number of piperazine rings is 1. The number of nitrogens with zero attached hydrogens (tertiary/aromatic N) is 2. The summed E-state index contributed by atoms with van der Waals surface area (Å²) in [5.74, 6) is -0.274. The number of hydrogen-bond donors (Lipinski definition) is 3. The van der Waals surface area contributed by atoms with Crippen molar-refractivity contribution in [2.24, 2.45) is 0 Å². The fourth-order valence-electron chi connectivity index (χ4n) is 1.96. The third-order valence-corrected chi connectivity index (χ3v) is 3.04. The monoisotopic (exact) mass is 272 g/mol. The summed E-state index contributed by atoms with van der Waals surface area (Å²) in [5, 5.41) is 13.7. The Bertz CT molecular complexity index is 291. The molecular weight excluding hydrogens is 248 g/mol. The van der Waals surface area contributed by atoms with Crippen LogP contribution in [0.1, 0.15) is 13.3 Å². The second-order valence-electron chi connectivity index (χ2n) is 4.65. The Labute approximate surface area is 113 Å².